The van der Waals surface area contributed by atoms with Crippen molar-refractivity contribution in [3.8, 4) is 0 Å². The normalized spacial score (nSPS) is 27.2. The monoisotopic (exact) mass is 236 g/mol. The second kappa shape index (κ2) is 3.75. The molecule has 1 heterocycles. The molecular formula is C9H11F3N2S. The van der Waals surface area contributed by atoms with Crippen LogP contribution in [0.5, 0.6) is 0 Å². The van der Waals surface area contributed by atoms with E-state index in [-0.39, 0.29) is 12.0 Å². The Morgan fingerprint density at radius 2 is 2.13 bits per heavy atom. The Bertz CT molecular complexity index is 347. The summed E-state index contributed by atoms with van der Waals surface area (Å²) in [6.45, 7) is 0. The van der Waals surface area contributed by atoms with E-state index in [4.69, 9.17) is 5.73 Å². The lowest BCUT2D eigenvalue weighted by molar-refractivity contribution is -0.137. The summed E-state index contributed by atoms with van der Waals surface area (Å²) in [6, 6.07) is 0.131. The van der Waals surface area contributed by atoms with Gasteiger partial charge in [-0.25, -0.2) is 4.98 Å². The van der Waals surface area contributed by atoms with Crippen LogP contribution in [0.2, 0.25) is 0 Å². The van der Waals surface area contributed by atoms with Crippen LogP contribution in [-0.4, -0.2) is 11.0 Å². The summed E-state index contributed by atoms with van der Waals surface area (Å²) >= 11 is 0.747. The van der Waals surface area contributed by atoms with Crippen LogP contribution in [0.4, 0.5) is 13.2 Å². The predicted molar refractivity (Wildman–Crippen MR) is 51.7 cm³/mol. The molecule has 1 aliphatic carbocycles. The van der Waals surface area contributed by atoms with Crippen molar-refractivity contribution < 1.29 is 13.2 Å². The van der Waals surface area contributed by atoms with Crippen molar-refractivity contribution in [2.24, 2.45) is 5.73 Å². The van der Waals surface area contributed by atoms with Crippen molar-refractivity contribution in [2.75, 3.05) is 0 Å². The summed E-state index contributed by atoms with van der Waals surface area (Å²) in [5.74, 6) is 0.175. The van der Waals surface area contributed by atoms with Crippen molar-refractivity contribution in [1.29, 1.82) is 0 Å². The summed E-state index contributed by atoms with van der Waals surface area (Å²) in [5.41, 5.74) is 5.72. The fourth-order valence-electron chi connectivity index (χ4n) is 1.88. The molecule has 1 aromatic rings. The van der Waals surface area contributed by atoms with Gasteiger partial charge in [-0.2, -0.15) is 13.2 Å². The number of rotatable bonds is 1. The zero-order chi connectivity index (χ0) is 11.1. The minimum atomic E-state index is -4.32. The van der Waals surface area contributed by atoms with Crippen molar-refractivity contribution in [1.82, 2.24) is 4.98 Å². The Morgan fingerprint density at radius 1 is 1.40 bits per heavy atom. The Balaban J connectivity index is 2.14. The SMILES string of the molecule is NC1CCC(c2cnc(C(F)(F)F)s2)C1. The number of nitrogens with zero attached hydrogens (tertiary/aromatic N) is 1. The van der Waals surface area contributed by atoms with Crippen LogP contribution >= 0.6 is 11.3 Å². The van der Waals surface area contributed by atoms with Gasteiger partial charge in [0.2, 0.25) is 0 Å². The third-order valence-corrected chi connectivity index (χ3v) is 3.85. The first kappa shape index (κ1) is 10.9. The van der Waals surface area contributed by atoms with Crippen LogP contribution in [0.1, 0.15) is 35.1 Å². The molecule has 0 bridgehead atoms. The second-order valence-electron chi connectivity index (χ2n) is 3.84. The van der Waals surface area contributed by atoms with E-state index in [1.807, 2.05) is 0 Å². The summed E-state index contributed by atoms with van der Waals surface area (Å²) in [5, 5.41) is -0.752. The van der Waals surface area contributed by atoms with E-state index in [1.165, 1.54) is 6.20 Å². The van der Waals surface area contributed by atoms with Gasteiger partial charge in [-0.3, -0.25) is 0 Å². The number of aromatic nitrogens is 1. The summed E-state index contributed by atoms with van der Waals surface area (Å²) < 4.78 is 36.9. The molecule has 1 fully saturated rings. The molecule has 0 aliphatic heterocycles. The van der Waals surface area contributed by atoms with Gasteiger partial charge < -0.3 is 5.73 Å². The molecule has 0 amide bonds. The van der Waals surface area contributed by atoms with Crippen molar-refractivity contribution in [2.45, 2.75) is 37.4 Å². The van der Waals surface area contributed by atoms with E-state index in [1.54, 1.807) is 0 Å². The van der Waals surface area contributed by atoms with Crippen LogP contribution in [0.3, 0.4) is 0 Å². The van der Waals surface area contributed by atoms with Gasteiger partial charge in [-0.1, -0.05) is 0 Å². The molecular weight excluding hydrogens is 225 g/mol. The lowest BCUT2D eigenvalue weighted by Gasteiger charge is -2.05. The van der Waals surface area contributed by atoms with E-state index >= 15 is 0 Å². The first-order valence-corrected chi connectivity index (χ1v) is 5.57. The fourth-order valence-corrected chi connectivity index (χ4v) is 2.81. The number of alkyl halides is 3. The van der Waals surface area contributed by atoms with Crippen LogP contribution in [0.25, 0.3) is 0 Å². The Morgan fingerprint density at radius 3 is 2.60 bits per heavy atom. The van der Waals surface area contributed by atoms with E-state index in [2.05, 4.69) is 4.98 Å². The lowest BCUT2D eigenvalue weighted by atomic mass is 10.1. The summed E-state index contributed by atoms with van der Waals surface area (Å²) in [7, 11) is 0. The average Bonchev–Trinajstić information content (AvgIpc) is 2.69. The molecule has 2 atom stereocenters. The molecule has 6 heteroatoms. The van der Waals surface area contributed by atoms with Gasteiger partial charge in [0.15, 0.2) is 5.01 Å². The lowest BCUT2D eigenvalue weighted by Crippen LogP contribution is -2.14. The maximum absolute atomic E-state index is 12.3. The standard InChI is InChI=1S/C9H11F3N2S/c10-9(11,12)8-14-4-7(15-8)5-1-2-6(13)3-5/h4-6H,1-3,13H2. The molecule has 15 heavy (non-hydrogen) atoms. The van der Waals surface area contributed by atoms with Gasteiger partial charge in [0.05, 0.1) is 0 Å². The predicted octanol–water partition coefficient (Wildman–Crippen LogP) is 2.76. The highest BCUT2D eigenvalue weighted by Gasteiger charge is 2.36. The molecule has 1 aromatic heterocycles. The third kappa shape index (κ3) is 2.31. The number of hydrogen-bond donors (Lipinski definition) is 1. The van der Waals surface area contributed by atoms with E-state index < -0.39 is 11.2 Å². The molecule has 0 aromatic carbocycles. The first-order chi connectivity index (χ1) is 6.97. The molecule has 0 saturated heterocycles. The van der Waals surface area contributed by atoms with Crippen molar-refractivity contribution >= 4 is 11.3 Å². The number of halogens is 3. The van der Waals surface area contributed by atoms with Gasteiger partial charge in [0.25, 0.3) is 0 Å². The highest BCUT2D eigenvalue weighted by molar-refractivity contribution is 7.11. The number of hydrogen-bond acceptors (Lipinski definition) is 3. The van der Waals surface area contributed by atoms with Gasteiger partial charge in [0.1, 0.15) is 0 Å². The Hall–Kier alpha value is -0.620. The molecule has 84 valence electrons. The molecule has 2 nitrogen and oxygen atoms in total. The quantitative estimate of drug-likeness (QED) is 0.814. The Labute approximate surface area is 89.3 Å². The van der Waals surface area contributed by atoms with Crippen LogP contribution < -0.4 is 5.73 Å². The van der Waals surface area contributed by atoms with Gasteiger partial charge in [0, 0.05) is 17.1 Å². The molecule has 1 saturated carbocycles. The Kier molecular flexibility index (Phi) is 2.72. The number of nitrogens with two attached hydrogens (primary N) is 1. The minimum Gasteiger partial charge on any atom is -0.328 e. The second-order valence-corrected chi connectivity index (χ2v) is 4.90. The average molecular weight is 236 g/mol. The smallest absolute Gasteiger partial charge is 0.328 e. The van der Waals surface area contributed by atoms with Crippen molar-refractivity contribution in [3.05, 3.63) is 16.1 Å². The van der Waals surface area contributed by atoms with E-state index in [0.717, 1.165) is 35.5 Å². The first-order valence-electron chi connectivity index (χ1n) is 4.75. The highest BCUT2D eigenvalue weighted by Crippen LogP contribution is 2.40. The maximum Gasteiger partial charge on any atom is 0.443 e. The number of thiazole rings is 1. The van der Waals surface area contributed by atoms with Gasteiger partial charge >= 0.3 is 6.18 Å². The zero-order valence-electron chi connectivity index (χ0n) is 7.92. The van der Waals surface area contributed by atoms with Crippen LogP contribution in [-0.2, 0) is 6.18 Å². The van der Waals surface area contributed by atoms with E-state index in [9.17, 15) is 13.2 Å². The molecule has 0 radical (unpaired) electrons. The van der Waals surface area contributed by atoms with Crippen LogP contribution in [0.15, 0.2) is 6.20 Å². The summed E-state index contributed by atoms with van der Waals surface area (Å²) in [6.07, 6.45) is -0.427. The van der Waals surface area contributed by atoms with E-state index in [0.29, 0.717) is 0 Å². The van der Waals surface area contributed by atoms with Gasteiger partial charge in [-0.15, -0.1) is 11.3 Å². The molecule has 1 aliphatic rings. The topological polar surface area (TPSA) is 38.9 Å². The highest BCUT2D eigenvalue weighted by atomic mass is 32.1. The largest absolute Gasteiger partial charge is 0.443 e. The van der Waals surface area contributed by atoms with Gasteiger partial charge in [-0.05, 0) is 25.2 Å². The zero-order valence-corrected chi connectivity index (χ0v) is 8.74. The maximum atomic E-state index is 12.3. The summed E-state index contributed by atoms with van der Waals surface area (Å²) in [4.78, 5) is 4.13. The van der Waals surface area contributed by atoms with Crippen LogP contribution in [0, 0.1) is 0 Å². The molecule has 2 rings (SSSR count). The molecule has 2 N–H and O–H groups in total. The third-order valence-electron chi connectivity index (χ3n) is 2.64. The van der Waals surface area contributed by atoms with Crippen molar-refractivity contribution in [3.63, 3.8) is 0 Å². The molecule has 0 spiro atoms. The molecule has 2 unspecified atom stereocenters. The fraction of sp³-hybridized carbons (Fsp3) is 0.667. The minimum absolute atomic E-state index is 0.131.